The fourth-order valence-electron chi connectivity index (χ4n) is 2.96. The third kappa shape index (κ3) is 4.71. The molecule has 25 heavy (non-hydrogen) atoms. The van der Waals surface area contributed by atoms with Crippen molar-refractivity contribution >= 4 is 12.4 Å². The second-order valence-electron chi connectivity index (χ2n) is 5.91. The molecule has 0 aliphatic carbocycles. The lowest BCUT2D eigenvalue weighted by molar-refractivity contribution is 0.285. The molecule has 3 aromatic rings. The van der Waals surface area contributed by atoms with Crippen LogP contribution in [0.25, 0.3) is 22.4 Å². The largest absolute Gasteiger partial charge is 0.302 e. The topological polar surface area (TPSA) is 21.1 Å². The summed E-state index contributed by atoms with van der Waals surface area (Å²) < 4.78 is 2.09. The molecule has 1 aromatic heterocycles. The fraction of sp³-hybridized carbons (Fsp3) is 0.286. The van der Waals surface area contributed by atoms with Gasteiger partial charge in [0.25, 0.3) is 0 Å². The lowest BCUT2D eigenvalue weighted by Gasteiger charge is -2.17. The fourth-order valence-corrected chi connectivity index (χ4v) is 2.96. The Morgan fingerprint density at radius 2 is 1.40 bits per heavy atom. The van der Waals surface area contributed by atoms with E-state index in [4.69, 9.17) is 5.10 Å². The highest BCUT2D eigenvalue weighted by Gasteiger charge is 2.13. The maximum absolute atomic E-state index is 4.89. The summed E-state index contributed by atoms with van der Waals surface area (Å²) in [6, 6.07) is 21.0. The van der Waals surface area contributed by atoms with E-state index < -0.39 is 0 Å². The van der Waals surface area contributed by atoms with Crippen molar-refractivity contribution in [3.63, 3.8) is 0 Å². The van der Waals surface area contributed by atoms with Gasteiger partial charge in [0.15, 0.2) is 0 Å². The van der Waals surface area contributed by atoms with Crippen LogP contribution in [-0.2, 0) is 6.54 Å². The molecule has 4 heteroatoms. The molecule has 132 valence electrons. The van der Waals surface area contributed by atoms with Gasteiger partial charge in [-0.2, -0.15) is 5.10 Å². The molecular weight excluding hydrogens is 330 g/mol. The van der Waals surface area contributed by atoms with Crippen molar-refractivity contribution in [1.82, 2.24) is 14.7 Å². The van der Waals surface area contributed by atoms with Gasteiger partial charge in [-0.1, -0.05) is 74.5 Å². The summed E-state index contributed by atoms with van der Waals surface area (Å²) in [5.41, 5.74) is 4.63. The van der Waals surface area contributed by atoms with Gasteiger partial charge in [0, 0.05) is 23.9 Å². The van der Waals surface area contributed by atoms with Crippen molar-refractivity contribution in [2.24, 2.45) is 0 Å². The van der Waals surface area contributed by atoms with Crippen LogP contribution in [0.3, 0.4) is 0 Å². The van der Waals surface area contributed by atoms with E-state index in [1.807, 2.05) is 6.07 Å². The van der Waals surface area contributed by atoms with E-state index in [9.17, 15) is 0 Å². The summed E-state index contributed by atoms with van der Waals surface area (Å²) in [4.78, 5) is 2.42. The Bertz CT molecular complexity index is 692. The smallest absolute Gasteiger partial charge is 0.100 e. The minimum Gasteiger partial charge on any atom is -0.302 e. The molecular formula is C21H26ClN3. The number of aromatic nitrogens is 2. The summed E-state index contributed by atoms with van der Waals surface area (Å²) in [7, 11) is 0. The highest BCUT2D eigenvalue weighted by molar-refractivity contribution is 5.85. The first-order chi connectivity index (χ1) is 11.8. The Hall–Kier alpha value is -2.10. The van der Waals surface area contributed by atoms with Gasteiger partial charge in [0.05, 0.1) is 6.54 Å². The van der Waals surface area contributed by atoms with Crippen LogP contribution in [0, 0.1) is 0 Å². The van der Waals surface area contributed by atoms with Crippen molar-refractivity contribution in [3.05, 3.63) is 66.9 Å². The zero-order valence-electron chi connectivity index (χ0n) is 14.9. The van der Waals surface area contributed by atoms with E-state index >= 15 is 0 Å². The van der Waals surface area contributed by atoms with Gasteiger partial charge < -0.3 is 4.90 Å². The zero-order chi connectivity index (χ0) is 16.8. The van der Waals surface area contributed by atoms with E-state index in [1.54, 1.807) is 0 Å². The van der Waals surface area contributed by atoms with Gasteiger partial charge in [0.1, 0.15) is 5.69 Å². The molecule has 3 rings (SSSR count). The van der Waals surface area contributed by atoms with Crippen molar-refractivity contribution in [1.29, 1.82) is 0 Å². The predicted molar refractivity (Wildman–Crippen MR) is 108 cm³/mol. The molecule has 3 nitrogen and oxygen atoms in total. The highest BCUT2D eigenvalue weighted by atomic mass is 35.5. The molecule has 0 bridgehead atoms. The molecule has 1 heterocycles. The summed E-state index contributed by atoms with van der Waals surface area (Å²) in [5.74, 6) is 0. The summed E-state index contributed by atoms with van der Waals surface area (Å²) in [5, 5.41) is 4.89. The lowest BCUT2D eigenvalue weighted by Crippen LogP contribution is -2.27. The van der Waals surface area contributed by atoms with Gasteiger partial charge in [0.2, 0.25) is 0 Å². The molecule has 0 atom stereocenters. The third-order valence-corrected chi connectivity index (χ3v) is 4.43. The molecule has 0 N–H and O–H groups in total. The van der Waals surface area contributed by atoms with Gasteiger partial charge >= 0.3 is 0 Å². The third-order valence-electron chi connectivity index (χ3n) is 4.43. The summed E-state index contributed by atoms with van der Waals surface area (Å²) in [6.07, 6.45) is 2.18. The van der Waals surface area contributed by atoms with Crippen LogP contribution in [0.4, 0.5) is 0 Å². The van der Waals surface area contributed by atoms with E-state index in [-0.39, 0.29) is 12.4 Å². The number of halogens is 1. The van der Waals surface area contributed by atoms with Crippen LogP contribution >= 0.6 is 12.4 Å². The van der Waals surface area contributed by atoms with Crippen LogP contribution < -0.4 is 0 Å². The second-order valence-corrected chi connectivity index (χ2v) is 5.91. The number of hydrogen-bond acceptors (Lipinski definition) is 2. The summed E-state index contributed by atoms with van der Waals surface area (Å²) in [6.45, 7) is 8.50. The quantitative estimate of drug-likeness (QED) is 0.596. The van der Waals surface area contributed by atoms with E-state index in [0.29, 0.717) is 0 Å². The zero-order valence-corrected chi connectivity index (χ0v) is 15.7. The standard InChI is InChI=1S/C21H25N3.ClH/c1-3-23(4-2)15-16-24-17-20(18-11-7-5-8-12-18)21(22-24)19-13-9-6-10-14-19;/h5-14,17H,3-4,15-16H2,1-2H3;1H. The normalized spacial score (nSPS) is 10.7. The first-order valence-electron chi connectivity index (χ1n) is 8.72. The molecule has 0 spiro atoms. The molecule has 2 aromatic carbocycles. The SMILES string of the molecule is CCN(CC)CCn1cc(-c2ccccc2)c(-c2ccccc2)n1.Cl. The van der Waals surface area contributed by atoms with Gasteiger partial charge in [-0.15, -0.1) is 12.4 Å². The molecule has 0 fully saturated rings. The van der Waals surface area contributed by atoms with Crippen LogP contribution in [0.15, 0.2) is 66.9 Å². The number of likely N-dealkylation sites (N-methyl/N-ethyl adjacent to an activating group) is 1. The molecule has 0 saturated heterocycles. The molecule has 0 radical (unpaired) electrons. The lowest BCUT2D eigenvalue weighted by atomic mass is 10.0. The minimum atomic E-state index is 0. The maximum atomic E-state index is 4.89. The Morgan fingerprint density at radius 1 is 0.840 bits per heavy atom. The monoisotopic (exact) mass is 355 g/mol. The second kappa shape index (κ2) is 9.40. The van der Waals surface area contributed by atoms with Crippen molar-refractivity contribution in [3.8, 4) is 22.4 Å². The van der Waals surface area contributed by atoms with Crippen LogP contribution in [0.5, 0.6) is 0 Å². The molecule has 0 saturated carbocycles. The average Bonchev–Trinajstić information content (AvgIpc) is 3.08. The Morgan fingerprint density at radius 3 is 1.96 bits per heavy atom. The predicted octanol–water partition coefficient (Wildman–Crippen LogP) is 4.98. The van der Waals surface area contributed by atoms with E-state index in [0.717, 1.165) is 37.4 Å². The Labute approximate surface area is 156 Å². The molecule has 0 aliphatic heterocycles. The highest BCUT2D eigenvalue weighted by Crippen LogP contribution is 2.30. The first-order valence-corrected chi connectivity index (χ1v) is 8.72. The van der Waals surface area contributed by atoms with E-state index in [1.165, 1.54) is 11.1 Å². The molecule has 0 unspecified atom stereocenters. The minimum absolute atomic E-state index is 0. The Kier molecular flexibility index (Phi) is 7.23. The van der Waals surface area contributed by atoms with Gasteiger partial charge in [-0.05, 0) is 18.7 Å². The van der Waals surface area contributed by atoms with Gasteiger partial charge in [-0.3, -0.25) is 4.68 Å². The average molecular weight is 356 g/mol. The number of benzene rings is 2. The van der Waals surface area contributed by atoms with Crippen molar-refractivity contribution < 1.29 is 0 Å². The van der Waals surface area contributed by atoms with Crippen LogP contribution in [0.1, 0.15) is 13.8 Å². The summed E-state index contributed by atoms with van der Waals surface area (Å²) >= 11 is 0. The maximum Gasteiger partial charge on any atom is 0.100 e. The molecule has 0 aliphatic rings. The number of nitrogens with zero attached hydrogens (tertiary/aromatic N) is 3. The van der Waals surface area contributed by atoms with Crippen molar-refractivity contribution in [2.45, 2.75) is 20.4 Å². The van der Waals surface area contributed by atoms with Gasteiger partial charge in [-0.25, -0.2) is 0 Å². The van der Waals surface area contributed by atoms with Crippen LogP contribution in [0.2, 0.25) is 0 Å². The van der Waals surface area contributed by atoms with Crippen molar-refractivity contribution in [2.75, 3.05) is 19.6 Å². The van der Waals surface area contributed by atoms with Crippen LogP contribution in [-0.4, -0.2) is 34.3 Å². The number of hydrogen-bond donors (Lipinski definition) is 0. The number of rotatable bonds is 7. The molecule has 0 amide bonds. The first kappa shape index (κ1) is 19.2. The Balaban J connectivity index is 0.00000225. The van der Waals surface area contributed by atoms with E-state index in [2.05, 4.69) is 84.2 Å².